The fraction of sp³-hybridized carbons (Fsp3) is 0.500. The third-order valence-corrected chi connectivity index (χ3v) is 6.18. The minimum Gasteiger partial charge on any atom is -0.494 e. The van der Waals surface area contributed by atoms with Gasteiger partial charge in [0, 0.05) is 25.4 Å². The Balaban J connectivity index is 1.53. The van der Waals surface area contributed by atoms with E-state index >= 15 is 0 Å². The Hall–Kier alpha value is -2.34. The first-order chi connectivity index (χ1) is 12.7. The maximum atomic E-state index is 5.74. The lowest BCUT2D eigenvalue weighted by Crippen LogP contribution is -2.45. The van der Waals surface area contributed by atoms with Gasteiger partial charge in [-0.15, -0.1) is 0 Å². The molecule has 1 aromatic heterocycles. The van der Waals surface area contributed by atoms with Crippen LogP contribution in [-0.2, 0) is 12.0 Å². The molecule has 1 spiro atoms. The van der Waals surface area contributed by atoms with Crippen LogP contribution in [0.4, 0.5) is 5.69 Å². The number of likely N-dealkylation sites (N-methyl/N-ethyl adjacent to an activating group) is 1. The van der Waals surface area contributed by atoms with Crippen LogP contribution in [0, 0.1) is 0 Å². The molecule has 5 rings (SSSR count). The minimum absolute atomic E-state index is 0.0721. The second-order valence-corrected chi connectivity index (χ2v) is 7.61. The Kier molecular flexibility index (Phi) is 3.57. The van der Waals surface area contributed by atoms with Crippen LogP contribution in [0.1, 0.15) is 36.8 Å². The number of aromatic nitrogens is 2. The highest BCUT2D eigenvalue weighted by Crippen LogP contribution is 2.53. The lowest BCUT2D eigenvalue weighted by molar-refractivity contribution is 0.172. The lowest BCUT2D eigenvalue weighted by Gasteiger charge is -2.40. The van der Waals surface area contributed by atoms with E-state index in [4.69, 9.17) is 9.73 Å². The number of hydrogen-bond donors (Lipinski definition) is 1. The van der Waals surface area contributed by atoms with Gasteiger partial charge in [0.05, 0.1) is 24.4 Å². The predicted octanol–water partition coefficient (Wildman–Crippen LogP) is 2.77. The molecule has 3 aliphatic rings. The molecule has 1 aliphatic carbocycles. The van der Waals surface area contributed by atoms with Crippen molar-refractivity contribution >= 4 is 11.5 Å². The van der Waals surface area contributed by atoms with Gasteiger partial charge in [0.2, 0.25) is 0 Å². The summed E-state index contributed by atoms with van der Waals surface area (Å²) >= 11 is 0. The highest BCUT2D eigenvalue weighted by atomic mass is 16.5. The van der Waals surface area contributed by atoms with Crippen LogP contribution in [0.2, 0.25) is 0 Å². The van der Waals surface area contributed by atoms with Gasteiger partial charge >= 0.3 is 0 Å². The zero-order valence-electron chi connectivity index (χ0n) is 15.5. The molecular formula is C20H25N5O. The van der Waals surface area contributed by atoms with Crippen LogP contribution in [0.15, 0.2) is 29.5 Å². The second kappa shape index (κ2) is 5.84. The number of benzene rings is 1. The molecule has 0 bridgehead atoms. The molecule has 1 N–H and O–H groups in total. The molecule has 1 saturated carbocycles. The van der Waals surface area contributed by atoms with Gasteiger partial charge in [0.25, 0.3) is 0 Å². The van der Waals surface area contributed by atoms with Crippen molar-refractivity contribution in [3.8, 4) is 11.4 Å². The fourth-order valence-electron chi connectivity index (χ4n) is 4.43. The Morgan fingerprint density at radius 3 is 2.69 bits per heavy atom. The van der Waals surface area contributed by atoms with E-state index in [0.717, 1.165) is 42.3 Å². The number of ether oxygens (including phenoxy) is 1. The molecule has 2 fully saturated rings. The number of nitrogens with one attached hydrogen (secondary N) is 1. The first-order valence-electron chi connectivity index (χ1n) is 9.49. The summed E-state index contributed by atoms with van der Waals surface area (Å²) in [6.45, 7) is 3.35. The summed E-state index contributed by atoms with van der Waals surface area (Å²) in [6, 6.07) is 4.30. The topological polar surface area (TPSA) is 54.7 Å². The van der Waals surface area contributed by atoms with E-state index in [0.29, 0.717) is 0 Å². The first kappa shape index (κ1) is 15.9. The zero-order chi connectivity index (χ0) is 17.7. The number of rotatable bonds is 4. The third kappa shape index (κ3) is 2.21. The molecule has 0 unspecified atom stereocenters. The summed E-state index contributed by atoms with van der Waals surface area (Å²) in [5, 5.41) is 7.91. The molecule has 136 valence electrons. The van der Waals surface area contributed by atoms with E-state index in [1.807, 2.05) is 17.9 Å². The Morgan fingerprint density at radius 2 is 2.08 bits per heavy atom. The molecule has 3 heterocycles. The maximum Gasteiger partial charge on any atom is 0.144 e. The average molecular weight is 351 g/mol. The molecule has 2 aliphatic heterocycles. The van der Waals surface area contributed by atoms with Crippen molar-refractivity contribution in [1.29, 1.82) is 0 Å². The van der Waals surface area contributed by atoms with Crippen molar-refractivity contribution in [1.82, 2.24) is 20.0 Å². The molecule has 6 heteroatoms. The Bertz CT molecular complexity index is 876. The minimum atomic E-state index is 0.0721. The van der Waals surface area contributed by atoms with Crippen LogP contribution < -0.4 is 10.1 Å². The van der Waals surface area contributed by atoms with Crippen LogP contribution in [-0.4, -0.2) is 47.8 Å². The molecule has 1 aromatic carbocycles. The molecule has 1 saturated heterocycles. The fourth-order valence-corrected chi connectivity index (χ4v) is 4.43. The molecular weight excluding hydrogens is 326 g/mol. The van der Waals surface area contributed by atoms with E-state index in [1.165, 1.54) is 37.1 Å². The largest absolute Gasteiger partial charge is 0.494 e. The van der Waals surface area contributed by atoms with Gasteiger partial charge in [-0.05, 0) is 50.0 Å². The molecule has 6 nitrogen and oxygen atoms in total. The standard InChI is InChI=1S/C20H25N5O/c1-21-19-20(5-3-6-20)15-9-18(26-2)17(10-16(15)23-19)25-13-14(11-22-25)12-24-7-4-8-24/h9-11,13H,3-8,12H2,1-2H3,(H,21,23). The smallest absolute Gasteiger partial charge is 0.144 e. The number of likely N-dealkylation sites (tertiary alicyclic amines) is 1. The summed E-state index contributed by atoms with van der Waals surface area (Å²) in [7, 11) is 3.70. The molecule has 0 radical (unpaired) electrons. The summed E-state index contributed by atoms with van der Waals surface area (Å²) in [5.41, 5.74) is 4.60. The second-order valence-electron chi connectivity index (χ2n) is 7.61. The normalized spacial score (nSPS) is 20.3. The SMILES string of the molecule is CNC1=Nc2cc(-n3cc(CN4CCC4)cn3)c(OC)cc2C12CCC2. The van der Waals surface area contributed by atoms with Gasteiger partial charge in [-0.25, -0.2) is 9.67 Å². The Morgan fingerprint density at radius 1 is 1.23 bits per heavy atom. The van der Waals surface area contributed by atoms with Gasteiger partial charge < -0.3 is 10.1 Å². The van der Waals surface area contributed by atoms with Crippen molar-refractivity contribution in [2.24, 2.45) is 4.99 Å². The van der Waals surface area contributed by atoms with E-state index in [1.54, 1.807) is 7.11 Å². The maximum absolute atomic E-state index is 5.74. The number of fused-ring (bicyclic) bond motifs is 2. The number of methoxy groups -OCH3 is 1. The van der Waals surface area contributed by atoms with E-state index in [9.17, 15) is 0 Å². The van der Waals surface area contributed by atoms with Gasteiger partial charge in [-0.2, -0.15) is 5.10 Å². The van der Waals surface area contributed by atoms with Crippen molar-refractivity contribution in [2.45, 2.75) is 37.6 Å². The van der Waals surface area contributed by atoms with E-state index < -0.39 is 0 Å². The summed E-state index contributed by atoms with van der Waals surface area (Å²) in [6.07, 6.45) is 8.94. The highest BCUT2D eigenvalue weighted by Gasteiger charge is 2.48. The molecule has 0 atom stereocenters. The van der Waals surface area contributed by atoms with Gasteiger partial charge in [0.15, 0.2) is 0 Å². The van der Waals surface area contributed by atoms with Crippen molar-refractivity contribution in [2.75, 3.05) is 27.2 Å². The van der Waals surface area contributed by atoms with Crippen molar-refractivity contribution < 1.29 is 4.74 Å². The van der Waals surface area contributed by atoms with E-state index in [-0.39, 0.29) is 5.41 Å². The Labute approximate surface area is 153 Å². The molecule has 2 aromatic rings. The molecule has 0 amide bonds. The van der Waals surface area contributed by atoms with Crippen molar-refractivity contribution in [3.63, 3.8) is 0 Å². The van der Waals surface area contributed by atoms with Crippen LogP contribution in [0.5, 0.6) is 5.75 Å². The summed E-state index contributed by atoms with van der Waals surface area (Å²) in [5.74, 6) is 1.96. The van der Waals surface area contributed by atoms with Gasteiger partial charge in [-0.3, -0.25) is 4.90 Å². The quantitative estimate of drug-likeness (QED) is 0.920. The summed E-state index contributed by atoms with van der Waals surface area (Å²) < 4.78 is 7.66. The van der Waals surface area contributed by atoms with Crippen LogP contribution in [0.25, 0.3) is 5.69 Å². The molecule has 26 heavy (non-hydrogen) atoms. The third-order valence-electron chi connectivity index (χ3n) is 6.18. The number of hydrogen-bond acceptors (Lipinski definition) is 5. The number of aliphatic imine (C=N–C) groups is 1. The first-order valence-corrected chi connectivity index (χ1v) is 9.49. The van der Waals surface area contributed by atoms with Crippen LogP contribution >= 0.6 is 0 Å². The number of nitrogens with zero attached hydrogens (tertiary/aromatic N) is 4. The van der Waals surface area contributed by atoms with Gasteiger partial charge in [0.1, 0.15) is 17.3 Å². The van der Waals surface area contributed by atoms with Crippen molar-refractivity contribution in [3.05, 3.63) is 35.7 Å². The monoisotopic (exact) mass is 351 g/mol. The highest BCUT2D eigenvalue weighted by molar-refractivity contribution is 6.01. The number of amidine groups is 1. The average Bonchev–Trinajstić information content (AvgIpc) is 3.17. The summed E-state index contributed by atoms with van der Waals surface area (Å²) in [4.78, 5) is 7.32. The predicted molar refractivity (Wildman–Crippen MR) is 102 cm³/mol. The lowest BCUT2D eigenvalue weighted by atomic mass is 9.64. The van der Waals surface area contributed by atoms with Crippen LogP contribution in [0.3, 0.4) is 0 Å². The van der Waals surface area contributed by atoms with Gasteiger partial charge in [-0.1, -0.05) is 6.42 Å². The van der Waals surface area contributed by atoms with E-state index in [2.05, 4.69) is 33.6 Å². The zero-order valence-corrected chi connectivity index (χ0v) is 15.5.